The monoisotopic (exact) mass is 351 g/mol. The van der Waals surface area contributed by atoms with Crippen molar-refractivity contribution in [1.82, 2.24) is 5.32 Å². The van der Waals surface area contributed by atoms with E-state index in [-0.39, 0.29) is 5.91 Å². The molecule has 0 aromatic heterocycles. The number of carbonyl (C=O) groups is 1. The van der Waals surface area contributed by atoms with Gasteiger partial charge in [-0.3, -0.25) is 4.79 Å². The van der Waals surface area contributed by atoms with Gasteiger partial charge in [0.15, 0.2) is 0 Å². The van der Waals surface area contributed by atoms with E-state index in [0.717, 1.165) is 16.9 Å². The van der Waals surface area contributed by atoms with Gasteiger partial charge >= 0.3 is 0 Å². The Labute approximate surface area is 152 Å². The Kier molecular flexibility index (Phi) is 5.70. The molecule has 3 aromatic rings. The minimum atomic E-state index is -0.203. The van der Waals surface area contributed by atoms with Crippen molar-refractivity contribution in [2.45, 2.75) is 0 Å². The van der Waals surface area contributed by atoms with E-state index in [4.69, 9.17) is 16.3 Å². The van der Waals surface area contributed by atoms with Crippen molar-refractivity contribution in [1.29, 1.82) is 0 Å². The maximum absolute atomic E-state index is 12.1. The molecule has 0 fully saturated rings. The van der Waals surface area contributed by atoms with Crippen LogP contribution in [0.25, 0.3) is 11.1 Å². The number of hydrogen-bond acceptors (Lipinski definition) is 2. The van der Waals surface area contributed by atoms with E-state index < -0.39 is 0 Å². The smallest absolute Gasteiger partial charge is 0.252 e. The molecule has 3 rings (SSSR count). The Balaban J connectivity index is 1.58. The van der Waals surface area contributed by atoms with E-state index in [1.807, 2.05) is 54.6 Å². The standard InChI is InChI=1S/C21H18ClNO2/c22-19-12-6-4-11-18(19)21(24)23-14-15-25-20-13-7-5-10-17(20)16-8-2-1-3-9-16/h1-13H,14-15H2,(H,23,24). The topological polar surface area (TPSA) is 38.3 Å². The molecule has 0 aliphatic heterocycles. The summed E-state index contributed by atoms with van der Waals surface area (Å²) in [7, 11) is 0. The van der Waals surface area contributed by atoms with Crippen molar-refractivity contribution < 1.29 is 9.53 Å². The van der Waals surface area contributed by atoms with E-state index in [1.165, 1.54) is 0 Å². The van der Waals surface area contributed by atoms with Gasteiger partial charge in [-0.15, -0.1) is 0 Å². The van der Waals surface area contributed by atoms with Gasteiger partial charge in [0, 0.05) is 5.56 Å². The number of hydrogen-bond donors (Lipinski definition) is 1. The minimum Gasteiger partial charge on any atom is -0.491 e. The zero-order valence-corrected chi connectivity index (χ0v) is 14.4. The lowest BCUT2D eigenvalue weighted by Crippen LogP contribution is -2.28. The number of amides is 1. The first-order valence-electron chi connectivity index (χ1n) is 8.05. The van der Waals surface area contributed by atoms with Gasteiger partial charge in [0.1, 0.15) is 12.4 Å². The van der Waals surface area contributed by atoms with E-state index in [1.54, 1.807) is 24.3 Å². The summed E-state index contributed by atoms with van der Waals surface area (Å²) in [6, 6.07) is 24.9. The fourth-order valence-electron chi connectivity index (χ4n) is 2.51. The predicted octanol–water partition coefficient (Wildman–Crippen LogP) is 4.82. The molecule has 0 saturated heterocycles. The van der Waals surface area contributed by atoms with Crippen LogP contribution in [0.15, 0.2) is 78.9 Å². The van der Waals surface area contributed by atoms with Crippen LogP contribution in [0.3, 0.4) is 0 Å². The van der Waals surface area contributed by atoms with Gasteiger partial charge < -0.3 is 10.1 Å². The summed E-state index contributed by atoms with van der Waals surface area (Å²) < 4.78 is 5.86. The summed E-state index contributed by atoms with van der Waals surface area (Å²) >= 11 is 6.02. The largest absolute Gasteiger partial charge is 0.491 e. The van der Waals surface area contributed by atoms with Crippen LogP contribution in [-0.2, 0) is 0 Å². The van der Waals surface area contributed by atoms with Gasteiger partial charge in [-0.1, -0.05) is 72.3 Å². The van der Waals surface area contributed by atoms with Gasteiger partial charge in [-0.05, 0) is 23.8 Å². The molecule has 3 aromatic carbocycles. The third-order valence-electron chi connectivity index (χ3n) is 3.74. The molecule has 0 saturated carbocycles. The molecule has 0 aliphatic rings. The maximum atomic E-state index is 12.1. The molecular weight excluding hydrogens is 334 g/mol. The molecule has 0 aliphatic carbocycles. The van der Waals surface area contributed by atoms with Crippen molar-refractivity contribution in [3.63, 3.8) is 0 Å². The molecule has 3 nitrogen and oxygen atoms in total. The highest BCUT2D eigenvalue weighted by atomic mass is 35.5. The van der Waals surface area contributed by atoms with Crippen LogP contribution in [0.1, 0.15) is 10.4 Å². The van der Waals surface area contributed by atoms with Crippen LogP contribution < -0.4 is 10.1 Å². The van der Waals surface area contributed by atoms with Crippen LogP contribution in [0.2, 0.25) is 5.02 Å². The van der Waals surface area contributed by atoms with E-state index in [0.29, 0.717) is 23.7 Å². The van der Waals surface area contributed by atoms with Crippen molar-refractivity contribution in [3.8, 4) is 16.9 Å². The Bertz CT molecular complexity index is 849. The molecule has 4 heteroatoms. The Morgan fingerprint density at radius 3 is 2.36 bits per heavy atom. The minimum absolute atomic E-state index is 0.203. The third kappa shape index (κ3) is 4.40. The summed E-state index contributed by atoms with van der Waals surface area (Å²) in [6.45, 7) is 0.771. The second kappa shape index (κ2) is 8.36. The average molecular weight is 352 g/mol. The lowest BCUT2D eigenvalue weighted by molar-refractivity contribution is 0.0947. The van der Waals surface area contributed by atoms with Crippen LogP contribution in [0.4, 0.5) is 0 Å². The fraction of sp³-hybridized carbons (Fsp3) is 0.0952. The van der Waals surface area contributed by atoms with E-state index in [9.17, 15) is 4.79 Å². The number of ether oxygens (including phenoxy) is 1. The van der Waals surface area contributed by atoms with Gasteiger partial charge in [0.2, 0.25) is 0 Å². The highest BCUT2D eigenvalue weighted by Gasteiger charge is 2.09. The lowest BCUT2D eigenvalue weighted by atomic mass is 10.1. The lowest BCUT2D eigenvalue weighted by Gasteiger charge is -2.12. The molecule has 0 atom stereocenters. The van der Waals surface area contributed by atoms with Crippen molar-refractivity contribution in [2.75, 3.05) is 13.2 Å². The predicted molar refractivity (Wildman–Crippen MR) is 101 cm³/mol. The average Bonchev–Trinajstić information content (AvgIpc) is 2.66. The number of rotatable bonds is 6. The first-order valence-corrected chi connectivity index (χ1v) is 8.43. The first kappa shape index (κ1) is 17.1. The molecule has 0 bridgehead atoms. The first-order chi connectivity index (χ1) is 12.3. The second-order valence-corrected chi connectivity index (χ2v) is 5.85. The molecule has 1 N–H and O–H groups in total. The summed E-state index contributed by atoms with van der Waals surface area (Å²) in [5.41, 5.74) is 2.59. The highest BCUT2D eigenvalue weighted by Crippen LogP contribution is 2.29. The van der Waals surface area contributed by atoms with Gasteiger partial charge in [-0.2, -0.15) is 0 Å². The summed E-state index contributed by atoms with van der Waals surface area (Å²) in [4.78, 5) is 12.1. The quantitative estimate of drug-likeness (QED) is 0.647. The van der Waals surface area contributed by atoms with Crippen LogP contribution in [-0.4, -0.2) is 19.1 Å². The Hall–Kier alpha value is -2.78. The molecule has 0 heterocycles. The molecule has 0 radical (unpaired) electrons. The van der Waals surface area contributed by atoms with Crippen molar-refractivity contribution >= 4 is 17.5 Å². The second-order valence-electron chi connectivity index (χ2n) is 5.45. The van der Waals surface area contributed by atoms with E-state index >= 15 is 0 Å². The normalized spacial score (nSPS) is 10.3. The fourth-order valence-corrected chi connectivity index (χ4v) is 2.74. The number of carbonyl (C=O) groups excluding carboxylic acids is 1. The zero-order valence-electron chi connectivity index (χ0n) is 13.6. The Morgan fingerprint density at radius 2 is 1.56 bits per heavy atom. The summed E-state index contributed by atoms with van der Waals surface area (Å²) in [6.07, 6.45) is 0. The zero-order chi connectivity index (χ0) is 17.5. The van der Waals surface area contributed by atoms with Gasteiger partial charge in [0.05, 0.1) is 17.1 Å². The molecule has 126 valence electrons. The van der Waals surface area contributed by atoms with Crippen molar-refractivity contribution in [2.24, 2.45) is 0 Å². The number of nitrogens with one attached hydrogen (secondary N) is 1. The molecule has 0 unspecified atom stereocenters. The molecular formula is C21H18ClNO2. The van der Waals surface area contributed by atoms with Crippen LogP contribution in [0, 0.1) is 0 Å². The number of benzene rings is 3. The third-order valence-corrected chi connectivity index (χ3v) is 4.07. The molecule has 25 heavy (non-hydrogen) atoms. The molecule has 0 spiro atoms. The van der Waals surface area contributed by atoms with Gasteiger partial charge in [-0.25, -0.2) is 0 Å². The van der Waals surface area contributed by atoms with Crippen LogP contribution >= 0.6 is 11.6 Å². The summed E-state index contributed by atoms with van der Waals surface area (Å²) in [5.74, 6) is 0.589. The number of halogens is 1. The molecule has 1 amide bonds. The summed E-state index contributed by atoms with van der Waals surface area (Å²) in [5, 5.41) is 3.26. The van der Waals surface area contributed by atoms with E-state index in [2.05, 4.69) is 5.32 Å². The van der Waals surface area contributed by atoms with Gasteiger partial charge in [0.25, 0.3) is 5.91 Å². The van der Waals surface area contributed by atoms with Crippen LogP contribution in [0.5, 0.6) is 5.75 Å². The Morgan fingerprint density at radius 1 is 0.880 bits per heavy atom. The van der Waals surface area contributed by atoms with Crippen molar-refractivity contribution in [3.05, 3.63) is 89.4 Å². The number of para-hydroxylation sites is 1. The maximum Gasteiger partial charge on any atom is 0.252 e. The highest BCUT2D eigenvalue weighted by molar-refractivity contribution is 6.33. The SMILES string of the molecule is O=C(NCCOc1ccccc1-c1ccccc1)c1ccccc1Cl.